The van der Waals surface area contributed by atoms with Crippen molar-refractivity contribution in [2.24, 2.45) is 0 Å². The molecule has 91 valence electrons. The van der Waals surface area contributed by atoms with E-state index < -0.39 is 0 Å². The molecule has 3 rings (SSSR count). The molecule has 0 bridgehead atoms. The molecular weight excluding hydrogens is 228 g/mol. The predicted molar refractivity (Wildman–Crippen MR) is 84.4 cm³/mol. The molecule has 0 fully saturated rings. The molecular formula is C19H15. The smallest absolute Gasteiger partial charge is 0.0131 e. The molecule has 0 N–H and O–H groups in total. The van der Waals surface area contributed by atoms with E-state index in [4.69, 9.17) is 0 Å². The van der Waals surface area contributed by atoms with Gasteiger partial charge >= 0.3 is 0 Å². The van der Waals surface area contributed by atoms with E-state index in [0.29, 0.717) is 0 Å². The average Bonchev–Trinajstić information content (AvgIpc) is 2.85. The van der Waals surface area contributed by atoms with Crippen LogP contribution in [-0.4, -0.2) is 0 Å². The summed E-state index contributed by atoms with van der Waals surface area (Å²) >= 11 is 0. The minimum absolute atomic E-state index is 1.25. The SMILES string of the molecule is [CH]1C=Cc2cc3c(cc21)/C=C/C=C\C=C\C=C/C=C/3. The Morgan fingerprint density at radius 2 is 0.789 bits per heavy atom. The Morgan fingerprint density at radius 1 is 0.368 bits per heavy atom. The summed E-state index contributed by atoms with van der Waals surface area (Å²) in [5, 5.41) is 0. The zero-order valence-electron chi connectivity index (χ0n) is 10.7. The molecule has 0 nitrogen and oxygen atoms in total. The van der Waals surface area contributed by atoms with Crippen molar-refractivity contribution in [2.45, 2.75) is 0 Å². The molecule has 0 aliphatic heterocycles. The zero-order valence-corrected chi connectivity index (χ0v) is 10.7. The maximum absolute atomic E-state index is 2.24. The quantitative estimate of drug-likeness (QED) is 0.603. The molecule has 0 saturated carbocycles. The number of benzene rings is 1. The highest BCUT2D eigenvalue weighted by Crippen LogP contribution is 2.26. The molecule has 0 atom stereocenters. The van der Waals surface area contributed by atoms with Gasteiger partial charge in [0.2, 0.25) is 0 Å². The fourth-order valence-electron chi connectivity index (χ4n) is 2.20. The van der Waals surface area contributed by atoms with Gasteiger partial charge in [-0.3, -0.25) is 0 Å². The fourth-order valence-corrected chi connectivity index (χ4v) is 2.20. The summed E-state index contributed by atoms with van der Waals surface area (Å²) in [4.78, 5) is 0. The van der Waals surface area contributed by atoms with Gasteiger partial charge in [0.05, 0.1) is 0 Å². The van der Waals surface area contributed by atoms with Crippen LogP contribution in [0.1, 0.15) is 22.3 Å². The van der Waals surface area contributed by atoms with Crippen LogP contribution in [-0.2, 0) is 0 Å². The monoisotopic (exact) mass is 243 g/mol. The Labute approximate surface area is 114 Å². The van der Waals surface area contributed by atoms with Gasteiger partial charge in [-0.15, -0.1) is 0 Å². The van der Waals surface area contributed by atoms with Crippen molar-refractivity contribution in [1.29, 1.82) is 0 Å². The van der Waals surface area contributed by atoms with Gasteiger partial charge in [0.25, 0.3) is 0 Å². The highest BCUT2D eigenvalue weighted by Gasteiger charge is 2.08. The maximum Gasteiger partial charge on any atom is 0.0131 e. The van der Waals surface area contributed by atoms with Crippen LogP contribution in [0.2, 0.25) is 0 Å². The molecule has 0 aromatic heterocycles. The summed E-state index contributed by atoms with van der Waals surface area (Å²) in [6.07, 6.45) is 27.1. The number of hydrogen-bond acceptors (Lipinski definition) is 0. The Bertz CT molecular complexity index is 647. The molecule has 0 saturated heterocycles. The summed E-state index contributed by atoms with van der Waals surface area (Å²) in [6, 6.07) is 4.48. The molecule has 2 aliphatic rings. The minimum atomic E-state index is 1.25. The van der Waals surface area contributed by atoms with E-state index in [2.05, 4.69) is 67.2 Å². The second kappa shape index (κ2) is 5.53. The molecule has 0 spiro atoms. The first-order valence-electron chi connectivity index (χ1n) is 6.48. The molecule has 1 aromatic rings. The second-order valence-corrected chi connectivity index (χ2v) is 4.51. The lowest BCUT2D eigenvalue weighted by Gasteiger charge is -2.06. The molecule has 19 heavy (non-hydrogen) atoms. The van der Waals surface area contributed by atoms with E-state index in [9.17, 15) is 0 Å². The Balaban J connectivity index is 2.07. The zero-order chi connectivity index (χ0) is 12.9. The molecule has 2 aliphatic carbocycles. The van der Waals surface area contributed by atoms with E-state index in [1.54, 1.807) is 0 Å². The Morgan fingerprint density at radius 3 is 1.42 bits per heavy atom. The standard InChI is InChI=1S/C19H15/c1-2-4-6-8-11-17-15-19-13-9-12-18(19)14-16(17)10-7-5-3-1/h1-15H/b2-1+,3-1?,4-2?,5-3-,6-4-,7-5?,8-6?,10-7+,11-8+,16-10?,17-11?. The molecule has 0 unspecified atom stereocenters. The average molecular weight is 243 g/mol. The molecule has 0 amide bonds. The summed E-state index contributed by atoms with van der Waals surface area (Å²) < 4.78 is 0. The molecule has 0 heteroatoms. The Hall–Kier alpha value is -2.34. The van der Waals surface area contributed by atoms with E-state index in [1.165, 1.54) is 22.3 Å². The fraction of sp³-hybridized carbons (Fsp3) is 0. The van der Waals surface area contributed by atoms with Crippen LogP contribution in [0.3, 0.4) is 0 Å². The van der Waals surface area contributed by atoms with E-state index in [1.807, 2.05) is 24.3 Å². The van der Waals surface area contributed by atoms with Crippen molar-refractivity contribution in [3.63, 3.8) is 0 Å². The first-order valence-corrected chi connectivity index (χ1v) is 6.48. The van der Waals surface area contributed by atoms with Crippen LogP contribution in [0.5, 0.6) is 0 Å². The van der Waals surface area contributed by atoms with Crippen LogP contribution in [0, 0.1) is 6.42 Å². The molecule has 1 radical (unpaired) electrons. The second-order valence-electron chi connectivity index (χ2n) is 4.51. The van der Waals surface area contributed by atoms with Gasteiger partial charge in [-0.05, 0) is 34.4 Å². The van der Waals surface area contributed by atoms with Crippen molar-refractivity contribution in [3.8, 4) is 0 Å². The third kappa shape index (κ3) is 2.74. The number of fused-ring (bicyclic) bond motifs is 2. The number of hydrogen-bond donors (Lipinski definition) is 0. The van der Waals surface area contributed by atoms with Crippen molar-refractivity contribution in [1.82, 2.24) is 0 Å². The van der Waals surface area contributed by atoms with Gasteiger partial charge in [0.1, 0.15) is 0 Å². The van der Waals surface area contributed by atoms with Crippen molar-refractivity contribution in [2.75, 3.05) is 0 Å². The van der Waals surface area contributed by atoms with Crippen LogP contribution < -0.4 is 0 Å². The largest absolute Gasteiger partial charge is 0.0755 e. The van der Waals surface area contributed by atoms with Gasteiger partial charge in [0, 0.05) is 6.42 Å². The third-order valence-electron chi connectivity index (χ3n) is 3.17. The number of rotatable bonds is 0. The van der Waals surface area contributed by atoms with Gasteiger partial charge in [-0.2, -0.15) is 0 Å². The van der Waals surface area contributed by atoms with Crippen LogP contribution in [0.25, 0.3) is 18.2 Å². The lowest BCUT2D eigenvalue weighted by Crippen LogP contribution is -1.87. The Kier molecular flexibility index (Phi) is 3.42. The summed E-state index contributed by atoms with van der Waals surface area (Å²) in [6.45, 7) is 0. The van der Waals surface area contributed by atoms with Crippen molar-refractivity contribution < 1.29 is 0 Å². The first-order chi connectivity index (χ1) is 9.43. The highest BCUT2D eigenvalue weighted by molar-refractivity contribution is 5.75. The first kappa shape index (κ1) is 11.7. The topological polar surface area (TPSA) is 0 Å². The summed E-state index contributed by atoms with van der Waals surface area (Å²) in [5.41, 5.74) is 5.08. The summed E-state index contributed by atoms with van der Waals surface area (Å²) in [5.74, 6) is 0. The van der Waals surface area contributed by atoms with Crippen LogP contribution in [0.15, 0.2) is 66.8 Å². The summed E-state index contributed by atoms with van der Waals surface area (Å²) in [7, 11) is 0. The highest BCUT2D eigenvalue weighted by atomic mass is 14.1. The van der Waals surface area contributed by atoms with E-state index in [-0.39, 0.29) is 0 Å². The van der Waals surface area contributed by atoms with Crippen molar-refractivity contribution >= 4 is 18.2 Å². The molecule has 0 heterocycles. The lowest BCUT2D eigenvalue weighted by molar-refractivity contribution is 1.50. The van der Waals surface area contributed by atoms with Gasteiger partial charge < -0.3 is 0 Å². The molecule has 1 aromatic carbocycles. The van der Waals surface area contributed by atoms with Gasteiger partial charge in [-0.25, -0.2) is 0 Å². The van der Waals surface area contributed by atoms with E-state index in [0.717, 1.165) is 0 Å². The van der Waals surface area contributed by atoms with Crippen LogP contribution in [0.4, 0.5) is 0 Å². The maximum atomic E-state index is 2.24. The van der Waals surface area contributed by atoms with Crippen LogP contribution >= 0.6 is 0 Å². The minimum Gasteiger partial charge on any atom is -0.0755 e. The van der Waals surface area contributed by atoms with Gasteiger partial charge in [0.15, 0.2) is 0 Å². The number of allylic oxidation sites excluding steroid dienone is 9. The van der Waals surface area contributed by atoms with Gasteiger partial charge in [-0.1, -0.05) is 72.9 Å². The lowest BCUT2D eigenvalue weighted by atomic mass is 9.98. The third-order valence-corrected chi connectivity index (χ3v) is 3.17. The van der Waals surface area contributed by atoms with Crippen molar-refractivity contribution in [3.05, 3.63) is 95.5 Å². The predicted octanol–water partition coefficient (Wildman–Crippen LogP) is 4.97. The normalized spacial score (nSPS) is 24.4. The van der Waals surface area contributed by atoms with E-state index >= 15 is 0 Å².